The fraction of sp³-hybridized carbons (Fsp3) is 0.0526. The minimum absolute atomic E-state index is 0.166. The van der Waals surface area contributed by atoms with Crippen LogP contribution in [0.2, 0.25) is 5.02 Å². The van der Waals surface area contributed by atoms with Gasteiger partial charge in [-0.15, -0.1) is 0 Å². The van der Waals surface area contributed by atoms with E-state index in [1.165, 1.54) is 0 Å². The number of benzene rings is 2. The van der Waals surface area contributed by atoms with Gasteiger partial charge in [0.1, 0.15) is 0 Å². The summed E-state index contributed by atoms with van der Waals surface area (Å²) in [5.74, 6) is -0.166. The Morgan fingerprint density at radius 1 is 0.917 bits per heavy atom. The standard InChI is InChI=1S/C19H16ClN3O/c20-15-6-4-14(5-7-15)19(24)23-17-10-8-16(9-11-17)22-13-18-3-1-2-12-21-18/h1-12,22H,13H2,(H,23,24). The molecule has 0 spiro atoms. The average Bonchev–Trinajstić information content (AvgIpc) is 2.62. The number of nitrogens with zero attached hydrogens (tertiary/aromatic N) is 1. The Morgan fingerprint density at radius 2 is 1.62 bits per heavy atom. The first-order valence-electron chi connectivity index (χ1n) is 7.51. The number of pyridine rings is 1. The van der Waals surface area contributed by atoms with Crippen molar-refractivity contribution in [1.82, 2.24) is 4.98 Å². The van der Waals surface area contributed by atoms with Crippen molar-refractivity contribution in [3.8, 4) is 0 Å². The number of rotatable bonds is 5. The lowest BCUT2D eigenvalue weighted by atomic mass is 10.2. The van der Waals surface area contributed by atoms with E-state index in [4.69, 9.17) is 11.6 Å². The van der Waals surface area contributed by atoms with E-state index in [1.807, 2.05) is 42.5 Å². The van der Waals surface area contributed by atoms with Crippen LogP contribution in [0.3, 0.4) is 0 Å². The first-order valence-corrected chi connectivity index (χ1v) is 7.89. The molecule has 1 aromatic heterocycles. The van der Waals surface area contributed by atoms with Crippen molar-refractivity contribution in [2.75, 3.05) is 10.6 Å². The van der Waals surface area contributed by atoms with Crippen LogP contribution < -0.4 is 10.6 Å². The molecule has 1 amide bonds. The van der Waals surface area contributed by atoms with Crippen molar-refractivity contribution in [2.45, 2.75) is 6.54 Å². The molecule has 0 saturated carbocycles. The lowest BCUT2D eigenvalue weighted by molar-refractivity contribution is 0.102. The Hall–Kier alpha value is -2.85. The molecule has 3 aromatic rings. The predicted molar refractivity (Wildman–Crippen MR) is 97.4 cm³/mol. The molecule has 2 aromatic carbocycles. The Labute approximate surface area is 145 Å². The second-order valence-corrected chi connectivity index (χ2v) is 5.65. The monoisotopic (exact) mass is 337 g/mol. The lowest BCUT2D eigenvalue weighted by Gasteiger charge is -2.08. The molecule has 2 N–H and O–H groups in total. The van der Waals surface area contributed by atoms with Crippen LogP contribution in [0.1, 0.15) is 16.1 Å². The highest BCUT2D eigenvalue weighted by Gasteiger charge is 2.05. The first kappa shape index (κ1) is 16.0. The Bertz CT molecular complexity index is 802. The molecule has 0 bridgehead atoms. The zero-order chi connectivity index (χ0) is 16.8. The highest BCUT2D eigenvalue weighted by atomic mass is 35.5. The summed E-state index contributed by atoms with van der Waals surface area (Å²) in [6.07, 6.45) is 1.77. The summed E-state index contributed by atoms with van der Waals surface area (Å²) in [5, 5.41) is 6.75. The molecule has 4 nitrogen and oxygen atoms in total. The maximum atomic E-state index is 12.1. The summed E-state index contributed by atoms with van der Waals surface area (Å²) in [5.41, 5.74) is 3.23. The number of anilines is 2. The molecular weight excluding hydrogens is 322 g/mol. The Morgan fingerprint density at radius 3 is 2.29 bits per heavy atom. The highest BCUT2D eigenvalue weighted by Crippen LogP contribution is 2.16. The largest absolute Gasteiger partial charge is 0.379 e. The maximum Gasteiger partial charge on any atom is 0.255 e. The van der Waals surface area contributed by atoms with E-state index in [-0.39, 0.29) is 5.91 Å². The van der Waals surface area contributed by atoms with Crippen LogP contribution >= 0.6 is 11.6 Å². The van der Waals surface area contributed by atoms with Crippen molar-refractivity contribution < 1.29 is 4.79 Å². The van der Waals surface area contributed by atoms with Crippen LogP contribution in [0.5, 0.6) is 0 Å². The molecule has 0 fully saturated rings. The third kappa shape index (κ3) is 4.33. The van der Waals surface area contributed by atoms with Crippen LogP contribution in [0.4, 0.5) is 11.4 Å². The number of halogens is 1. The second kappa shape index (κ2) is 7.62. The summed E-state index contributed by atoms with van der Waals surface area (Å²) in [7, 11) is 0. The van der Waals surface area contributed by atoms with E-state index < -0.39 is 0 Å². The SMILES string of the molecule is O=C(Nc1ccc(NCc2ccccn2)cc1)c1ccc(Cl)cc1. The molecule has 0 atom stereocenters. The van der Waals surface area contributed by atoms with Gasteiger partial charge in [-0.3, -0.25) is 9.78 Å². The highest BCUT2D eigenvalue weighted by molar-refractivity contribution is 6.30. The minimum atomic E-state index is -0.166. The molecule has 3 rings (SSSR count). The number of hydrogen-bond acceptors (Lipinski definition) is 3. The maximum absolute atomic E-state index is 12.1. The number of carbonyl (C=O) groups is 1. The summed E-state index contributed by atoms with van der Waals surface area (Å²) >= 11 is 5.82. The third-order valence-electron chi connectivity index (χ3n) is 3.45. The number of hydrogen-bond donors (Lipinski definition) is 2. The molecule has 0 unspecified atom stereocenters. The van der Waals surface area contributed by atoms with Crippen molar-refractivity contribution >= 4 is 28.9 Å². The summed E-state index contributed by atoms with van der Waals surface area (Å²) in [6, 6.07) is 20.1. The molecule has 0 aliphatic heterocycles. The van der Waals surface area contributed by atoms with Gasteiger partial charge in [0, 0.05) is 28.2 Å². The molecule has 0 aliphatic rings. The van der Waals surface area contributed by atoms with Crippen LogP contribution in [-0.2, 0) is 6.54 Å². The average molecular weight is 338 g/mol. The molecule has 24 heavy (non-hydrogen) atoms. The topological polar surface area (TPSA) is 54.0 Å². The van der Waals surface area contributed by atoms with E-state index in [2.05, 4.69) is 15.6 Å². The lowest BCUT2D eigenvalue weighted by Crippen LogP contribution is -2.11. The van der Waals surface area contributed by atoms with Crippen molar-refractivity contribution in [1.29, 1.82) is 0 Å². The number of carbonyl (C=O) groups excluding carboxylic acids is 1. The second-order valence-electron chi connectivity index (χ2n) is 5.21. The predicted octanol–water partition coefficient (Wildman–Crippen LogP) is 4.60. The van der Waals surface area contributed by atoms with Gasteiger partial charge in [-0.05, 0) is 60.7 Å². The number of amides is 1. The molecule has 1 heterocycles. The van der Waals surface area contributed by atoms with Gasteiger partial charge in [0.25, 0.3) is 5.91 Å². The van der Waals surface area contributed by atoms with Gasteiger partial charge in [0.15, 0.2) is 0 Å². The van der Waals surface area contributed by atoms with E-state index in [1.54, 1.807) is 30.5 Å². The van der Waals surface area contributed by atoms with Gasteiger partial charge in [-0.2, -0.15) is 0 Å². The quantitative estimate of drug-likeness (QED) is 0.715. The third-order valence-corrected chi connectivity index (χ3v) is 3.70. The van der Waals surface area contributed by atoms with E-state index in [9.17, 15) is 4.79 Å². The van der Waals surface area contributed by atoms with E-state index >= 15 is 0 Å². The molecular formula is C19H16ClN3O. The molecule has 5 heteroatoms. The summed E-state index contributed by atoms with van der Waals surface area (Å²) in [6.45, 7) is 0.650. The van der Waals surface area contributed by atoms with E-state index in [0.717, 1.165) is 17.1 Å². The summed E-state index contributed by atoms with van der Waals surface area (Å²) < 4.78 is 0. The minimum Gasteiger partial charge on any atom is -0.379 e. The van der Waals surface area contributed by atoms with Crippen molar-refractivity contribution in [3.63, 3.8) is 0 Å². The fourth-order valence-corrected chi connectivity index (χ4v) is 2.30. The van der Waals surface area contributed by atoms with E-state index in [0.29, 0.717) is 17.1 Å². The zero-order valence-corrected chi connectivity index (χ0v) is 13.6. The van der Waals surface area contributed by atoms with Crippen LogP contribution in [0.15, 0.2) is 72.9 Å². The van der Waals surface area contributed by atoms with Gasteiger partial charge >= 0.3 is 0 Å². The van der Waals surface area contributed by atoms with Gasteiger partial charge in [0.05, 0.1) is 12.2 Å². The van der Waals surface area contributed by atoms with Gasteiger partial charge < -0.3 is 10.6 Å². The molecule has 0 aliphatic carbocycles. The Kier molecular flexibility index (Phi) is 5.08. The zero-order valence-electron chi connectivity index (χ0n) is 12.9. The van der Waals surface area contributed by atoms with Crippen LogP contribution in [0.25, 0.3) is 0 Å². The van der Waals surface area contributed by atoms with Crippen LogP contribution in [0, 0.1) is 0 Å². The summed E-state index contributed by atoms with van der Waals surface area (Å²) in [4.78, 5) is 16.4. The molecule has 120 valence electrons. The van der Waals surface area contributed by atoms with Gasteiger partial charge in [-0.25, -0.2) is 0 Å². The van der Waals surface area contributed by atoms with Crippen molar-refractivity contribution in [2.24, 2.45) is 0 Å². The van der Waals surface area contributed by atoms with Gasteiger partial charge in [-0.1, -0.05) is 17.7 Å². The van der Waals surface area contributed by atoms with Gasteiger partial charge in [0.2, 0.25) is 0 Å². The molecule has 0 saturated heterocycles. The Balaban J connectivity index is 1.58. The fourth-order valence-electron chi connectivity index (χ4n) is 2.17. The number of aromatic nitrogens is 1. The number of nitrogens with one attached hydrogen (secondary N) is 2. The molecule has 0 radical (unpaired) electrons. The normalized spacial score (nSPS) is 10.2. The first-order chi connectivity index (χ1) is 11.7. The van der Waals surface area contributed by atoms with Crippen molar-refractivity contribution in [3.05, 3.63) is 89.2 Å². The van der Waals surface area contributed by atoms with Crippen LogP contribution in [-0.4, -0.2) is 10.9 Å². The smallest absolute Gasteiger partial charge is 0.255 e.